The first kappa shape index (κ1) is 17.4. The fraction of sp³-hybridized carbons (Fsp3) is 0.667. The van der Waals surface area contributed by atoms with Crippen LogP contribution in [0.15, 0.2) is 16.8 Å². The molecule has 2 aliphatic rings. The molecule has 0 bridgehead atoms. The molecule has 0 unspecified atom stereocenters. The molecule has 2 amide bonds. The van der Waals surface area contributed by atoms with E-state index in [4.69, 9.17) is 0 Å². The van der Waals surface area contributed by atoms with Gasteiger partial charge in [0.1, 0.15) is 0 Å². The molecular weight excluding hydrogens is 322 g/mol. The molecule has 1 N–H and O–H groups in total. The van der Waals surface area contributed by atoms with Crippen molar-refractivity contribution in [2.75, 3.05) is 26.2 Å². The van der Waals surface area contributed by atoms with Crippen LogP contribution in [-0.4, -0.2) is 53.8 Å². The normalized spacial score (nSPS) is 22.2. The van der Waals surface area contributed by atoms with Gasteiger partial charge in [-0.05, 0) is 48.3 Å². The van der Waals surface area contributed by atoms with Crippen LogP contribution in [0.4, 0.5) is 0 Å². The highest BCUT2D eigenvalue weighted by Crippen LogP contribution is 2.32. The number of nitrogens with one attached hydrogen (secondary N) is 1. The standard InChI is InChI=1S/C18H27N3O2S/c1-3-20(4-2)16(13-7-8-24-12-13)10-19-18(23)14-9-17(22)21(11-14)15-5-6-15/h7-8,12,14-16H,3-6,9-11H2,1-2H3,(H,19,23)/t14-,16+/m1/s1. The van der Waals surface area contributed by atoms with Crippen LogP contribution in [0.2, 0.25) is 0 Å². The highest BCUT2D eigenvalue weighted by Gasteiger charge is 2.41. The first-order valence-electron chi connectivity index (χ1n) is 8.97. The second-order valence-corrected chi connectivity index (χ2v) is 7.50. The number of hydrogen-bond acceptors (Lipinski definition) is 4. The second kappa shape index (κ2) is 7.66. The Morgan fingerprint density at radius 1 is 1.42 bits per heavy atom. The lowest BCUT2D eigenvalue weighted by atomic mass is 10.1. The Bertz CT molecular complexity index is 567. The van der Waals surface area contributed by atoms with Crippen LogP contribution in [0.1, 0.15) is 44.7 Å². The Morgan fingerprint density at radius 2 is 2.17 bits per heavy atom. The van der Waals surface area contributed by atoms with Gasteiger partial charge in [-0.3, -0.25) is 14.5 Å². The van der Waals surface area contributed by atoms with Gasteiger partial charge < -0.3 is 10.2 Å². The van der Waals surface area contributed by atoms with Gasteiger partial charge >= 0.3 is 0 Å². The predicted molar refractivity (Wildman–Crippen MR) is 95.8 cm³/mol. The van der Waals surface area contributed by atoms with E-state index in [0.717, 1.165) is 25.9 Å². The number of nitrogens with zero attached hydrogens (tertiary/aromatic N) is 2. The summed E-state index contributed by atoms with van der Waals surface area (Å²) in [5.41, 5.74) is 1.26. The first-order chi connectivity index (χ1) is 11.6. The first-order valence-corrected chi connectivity index (χ1v) is 9.91. The van der Waals surface area contributed by atoms with Gasteiger partial charge in [0.05, 0.1) is 12.0 Å². The fourth-order valence-electron chi connectivity index (χ4n) is 3.57. The minimum Gasteiger partial charge on any atom is -0.354 e. The topological polar surface area (TPSA) is 52.7 Å². The maximum absolute atomic E-state index is 12.5. The molecule has 5 nitrogen and oxygen atoms in total. The zero-order valence-electron chi connectivity index (χ0n) is 14.5. The lowest BCUT2D eigenvalue weighted by Gasteiger charge is -2.29. The summed E-state index contributed by atoms with van der Waals surface area (Å²) in [6, 6.07) is 2.74. The van der Waals surface area contributed by atoms with Crippen molar-refractivity contribution in [3.05, 3.63) is 22.4 Å². The van der Waals surface area contributed by atoms with Crippen LogP contribution in [0.25, 0.3) is 0 Å². The number of hydrogen-bond donors (Lipinski definition) is 1. The molecule has 1 aromatic heterocycles. The zero-order valence-corrected chi connectivity index (χ0v) is 15.3. The zero-order chi connectivity index (χ0) is 17.1. The molecule has 2 fully saturated rings. The van der Waals surface area contributed by atoms with E-state index in [1.165, 1.54) is 5.56 Å². The van der Waals surface area contributed by atoms with Crippen molar-refractivity contribution in [3.8, 4) is 0 Å². The van der Waals surface area contributed by atoms with Crippen molar-refractivity contribution in [1.82, 2.24) is 15.1 Å². The van der Waals surface area contributed by atoms with Crippen molar-refractivity contribution in [2.45, 2.75) is 45.2 Å². The molecule has 1 saturated heterocycles. The molecule has 2 atom stereocenters. The third-order valence-electron chi connectivity index (χ3n) is 5.17. The van der Waals surface area contributed by atoms with E-state index in [9.17, 15) is 9.59 Å². The molecule has 132 valence electrons. The molecule has 1 aliphatic carbocycles. The van der Waals surface area contributed by atoms with Gasteiger partial charge in [-0.15, -0.1) is 0 Å². The number of amides is 2. The average Bonchev–Trinajstić information content (AvgIpc) is 3.13. The summed E-state index contributed by atoms with van der Waals surface area (Å²) in [7, 11) is 0. The van der Waals surface area contributed by atoms with Crippen LogP contribution in [0.3, 0.4) is 0 Å². The second-order valence-electron chi connectivity index (χ2n) is 6.72. The van der Waals surface area contributed by atoms with Crippen LogP contribution >= 0.6 is 11.3 Å². The Balaban J connectivity index is 1.58. The van der Waals surface area contributed by atoms with Crippen LogP contribution in [-0.2, 0) is 9.59 Å². The van der Waals surface area contributed by atoms with Crippen molar-refractivity contribution >= 4 is 23.2 Å². The Morgan fingerprint density at radius 3 is 2.75 bits per heavy atom. The van der Waals surface area contributed by atoms with E-state index in [1.807, 2.05) is 4.90 Å². The van der Waals surface area contributed by atoms with Crippen molar-refractivity contribution in [1.29, 1.82) is 0 Å². The van der Waals surface area contributed by atoms with E-state index < -0.39 is 0 Å². The largest absolute Gasteiger partial charge is 0.354 e. The third-order valence-corrected chi connectivity index (χ3v) is 5.87. The number of carbonyl (C=O) groups excluding carboxylic acids is 2. The number of carbonyl (C=O) groups is 2. The summed E-state index contributed by atoms with van der Waals surface area (Å²) in [6.07, 6.45) is 2.57. The van der Waals surface area contributed by atoms with Gasteiger partial charge in [0, 0.05) is 25.6 Å². The van der Waals surface area contributed by atoms with Crippen molar-refractivity contribution in [3.63, 3.8) is 0 Å². The predicted octanol–water partition coefficient (Wildman–Crippen LogP) is 2.26. The summed E-state index contributed by atoms with van der Waals surface area (Å²) in [5.74, 6) is -0.00686. The summed E-state index contributed by atoms with van der Waals surface area (Å²) in [4.78, 5) is 28.8. The van der Waals surface area contributed by atoms with Gasteiger partial charge in [-0.25, -0.2) is 0 Å². The van der Waals surface area contributed by atoms with Crippen molar-refractivity contribution in [2.24, 2.45) is 5.92 Å². The highest BCUT2D eigenvalue weighted by atomic mass is 32.1. The summed E-state index contributed by atoms with van der Waals surface area (Å²) in [5, 5.41) is 7.34. The quantitative estimate of drug-likeness (QED) is 0.783. The monoisotopic (exact) mass is 349 g/mol. The Hall–Kier alpha value is -1.40. The number of likely N-dealkylation sites (N-methyl/N-ethyl adjacent to an activating group) is 1. The minimum absolute atomic E-state index is 0.0267. The molecule has 0 aromatic carbocycles. The SMILES string of the molecule is CCN(CC)[C@@H](CNC(=O)[C@@H]1CC(=O)N(C2CC2)C1)c1ccsc1. The van der Waals surface area contributed by atoms with Crippen LogP contribution in [0.5, 0.6) is 0 Å². The molecule has 0 spiro atoms. The summed E-state index contributed by atoms with van der Waals surface area (Å²) >= 11 is 1.69. The van der Waals surface area contributed by atoms with Gasteiger partial charge in [0.2, 0.25) is 11.8 Å². The van der Waals surface area contributed by atoms with E-state index >= 15 is 0 Å². The van der Waals surface area contributed by atoms with Gasteiger partial charge in [0.15, 0.2) is 0 Å². The lowest BCUT2D eigenvalue weighted by molar-refractivity contribution is -0.129. The summed E-state index contributed by atoms with van der Waals surface area (Å²) < 4.78 is 0. The number of thiophene rings is 1. The molecule has 24 heavy (non-hydrogen) atoms. The Kier molecular flexibility index (Phi) is 5.56. The molecule has 1 saturated carbocycles. The molecule has 0 radical (unpaired) electrons. The van der Waals surface area contributed by atoms with E-state index in [0.29, 0.717) is 25.6 Å². The van der Waals surface area contributed by atoms with Crippen LogP contribution < -0.4 is 5.32 Å². The fourth-order valence-corrected chi connectivity index (χ4v) is 4.28. The molecule has 3 rings (SSSR count). The molecule has 2 heterocycles. The minimum atomic E-state index is -0.182. The van der Waals surface area contributed by atoms with Crippen LogP contribution in [0, 0.1) is 5.92 Å². The highest BCUT2D eigenvalue weighted by molar-refractivity contribution is 7.07. The Labute approximate surface area is 148 Å². The van der Waals surface area contributed by atoms with E-state index in [-0.39, 0.29) is 23.8 Å². The molecule has 1 aliphatic heterocycles. The smallest absolute Gasteiger partial charge is 0.225 e. The van der Waals surface area contributed by atoms with E-state index in [1.54, 1.807) is 11.3 Å². The molecular formula is C18H27N3O2S. The summed E-state index contributed by atoms with van der Waals surface area (Å²) in [6.45, 7) is 7.39. The van der Waals surface area contributed by atoms with E-state index in [2.05, 4.69) is 40.9 Å². The average molecular weight is 350 g/mol. The van der Waals surface area contributed by atoms with Crippen molar-refractivity contribution < 1.29 is 9.59 Å². The van der Waals surface area contributed by atoms with Gasteiger partial charge in [-0.2, -0.15) is 11.3 Å². The maximum Gasteiger partial charge on any atom is 0.225 e. The lowest BCUT2D eigenvalue weighted by Crippen LogP contribution is -2.40. The number of rotatable bonds is 8. The molecule has 1 aromatic rings. The van der Waals surface area contributed by atoms with Gasteiger partial charge in [-0.1, -0.05) is 13.8 Å². The maximum atomic E-state index is 12.5. The van der Waals surface area contributed by atoms with Gasteiger partial charge in [0.25, 0.3) is 0 Å². The number of likely N-dealkylation sites (tertiary alicyclic amines) is 1. The molecule has 6 heteroatoms. The third kappa shape index (κ3) is 3.81.